The maximum absolute atomic E-state index is 6.03. The molecule has 2 aromatic rings. The van der Waals surface area contributed by atoms with Crippen molar-refractivity contribution in [1.82, 2.24) is 0 Å². The summed E-state index contributed by atoms with van der Waals surface area (Å²) >= 11 is 17.6. The zero-order chi connectivity index (χ0) is 11.7. The highest BCUT2D eigenvalue weighted by Crippen LogP contribution is 2.30. The van der Waals surface area contributed by atoms with Gasteiger partial charge in [-0.1, -0.05) is 23.2 Å². The van der Waals surface area contributed by atoms with Gasteiger partial charge in [0.1, 0.15) is 5.76 Å². The van der Waals surface area contributed by atoms with Gasteiger partial charge in [0.2, 0.25) is 0 Å². The van der Waals surface area contributed by atoms with Crippen LogP contribution in [-0.4, -0.2) is 0 Å². The number of nitrogens with two attached hydrogens (primary N) is 1. The van der Waals surface area contributed by atoms with Crippen LogP contribution in [0.25, 0.3) is 0 Å². The van der Waals surface area contributed by atoms with E-state index in [2.05, 4.69) is 0 Å². The zero-order valence-electron chi connectivity index (χ0n) is 8.08. The Labute approximate surface area is 108 Å². The van der Waals surface area contributed by atoms with Crippen LogP contribution in [0.3, 0.4) is 0 Å². The molecule has 1 heterocycles. The van der Waals surface area contributed by atoms with Crippen LogP contribution in [0.5, 0.6) is 0 Å². The van der Waals surface area contributed by atoms with Crippen LogP contribution in [0.2, 0.25) is 15.3 Å². The average Bonchev–Trinajstić information content (AvgIpc) is 2.67. The number of rotatable bonds is 2. The van der Waals surface area contributed by atoms with E-state index in [9.17, 15) is 0 Å². The average molecular weight is 277 g/mol. The SMILES string of the molecule is NC(c1ccc(Cl)o1)c1cc(Cl)ccc1Cl. The lowest BCUT2D eigenvalue weighted by molar-refractivity contribution is 0.491. The van der Waals surface area contributed by atoms with Crippen molar-refractivity contribution in [2.24, 2.45) is 5.73 Å². The number of halogens is 3. The van der Waals surface area contributed by atoms with Gasteiger partial charge in [-0.3, -0.25) is 0 Å². The summed E-state index contributed by atoms with van der Waals surface area (Å²) in [7, 11) is 0. The molecule has 1 unspecified atom stereocenters. The molecule has 1 aromatic heterocycles. The van der Waals surface area contributed by atoms with Gasteiger partial charge in [0.15, 0.2) is 5.22 Å². The second-order valence-electron chi connectivity index (χ2n) is 3.29. The van der Waals surface area contributed by atoms with E-state index in [1.807, 2.05) is 0 Å². The minimum absolute atomic E-state index is 0.295. The molecule has 0 spiro atoms. The van der Waals surface area contributed by atoms with Crippen LogP contribution in [0.1, 0.15) is 17.4 Å². The third-order valence-electron chi connectivity index (χ3n) is 2.19. The molecule has 16 heavy (non-hydrogen) atoms. The summed E-state index contributed by atoms with van der Waals surface area (Å²) in [6, 6.07) is 7.99. The first kappa shape index (κ1) is 11.8. The minimum atomic E-state index is -0.473. The molecule has 0 aliphatic heterocycles. The molecule has 84 valence electrons. The lowest BCUT2D eigenvalue weighted by Crippen LogP contribution is -2.11. The standard InChI is InChI=1S/C11H8Cl3NO/c12-6-1-2-8(13)7(5-6)11(15)9-3-4-10(14)16-9/h1-5,11H,15H2. The van der Waals surface area contributed by atoms with Gasteiger partial charge in [0, 0.05) is 10.0 Å². The van der Waals surface area contributed by atoms with Crippen LogP contribution in [0.4, 0.5) is 0 Å². The summed E-state index contributed by atoms with van der Waals surface area (Å²) in [5, 5.41) is 1.42. The Bertz CT molecular complexity index is 510. The largest absolute Gasteiger partial charge is 0.448 e. The van der Waals surface area contributed by atoms with Crippen LogP contribution in [0, 0.1) is 0 Å². The van der Waals surface area contributed by atoms with Crippen molar-refractivity contribution in [2.75, 3.05) is 0 Å². The summed E-state index contributed by atoms with van der Waals surface area (Å²) < 4.78 is 5.23. The zero-order valence-corrected chi connectivity index (χ0v) is 10.4. The summed E-state index contributed by atoms with van der Waals surface area (Å²) in [6.45, 7) is 0. The Morgan fingerprint density at radius 2 is 1.81 bits per heavy atom. The van der Waals surface area contributed by atoms with E-state index in [1.165, 1.54) is 0 Å². The molecular weight excluding hydrogens is 268 g/mol. The Morgan fingerprint density at radius 3 is 2.44 bits per heavy atom. The second-order valence-corrected chi connectivity index (χ2v) is 4.50. The van der Waals surface area contributed by atoms with E-state index in [0.717, 1.165) is 0 Å². The fourth-order valence-electron chi connectivity index (χ4n) is 1.40. The maximum atomic E-state index is 6.03. The Hall–Kier alpha value is -0.670. The fraction of sp³-hybridized carbons (Fsp3) is 0.0909. The van der Waals surface area contributed by atoms with Crippen molar-refractivity contribution in [3.63, 3.8) is 0 Å². The first-order valence-electron chi connectivity index (χ1n) is 4.53. The number of benzene rings is 1. The monoisotopic (exact) mass is 275 g/mol. The Morgan fingerprint density at radius 1 is 1.06 bits per heavy atom. The quantitative estimate of drug-likeness (QED) is 0.889. The lowest BCUT2D eigenvalue weighted by Gasteiger charge is -2.11. The van der Waals surface area contributed by atoms with Gasteiger partial charge in [-0.05, 0) is 47.5 Å². The third-order valence-corrected chi connectivity index (χ3v) is 2.98. The van der Waals surface area contributed by atoms with Crippen molar-refractivity contribution < 1.29 is 4.42 Å². The van der Waals surface area contributed by atoms with E-state index < -0.39 is 6.04 Å². The number of hydrogen-bond donors (Lipinski definition) is 1. The van der Waals surface area contributed by atoms with Gasteiger partial charge < -0.3 is 10.2 Å². The molecule has 2 rings (SSSR count). The minimum Gasteiger partial charge on any atom is -0.448 e. The van der Waals surface area contributed by atoms with Gasteiger partial charge in [0.05, 0.1) is 6.04 Å². The van der Waals surface area contributed by atoms with E-state index in [0.29, 0.717) is 26.6 Å². The highest BCUT2D eigenvalue weighted by molar-refractivity contribution is 6.33. The van der Waals surface area contributed by atoms with E-state index in [4.69, 9.17) is 45.0 Å². The smallest absolute Gasteiger partial charge is 0.193 e. The summed E-state index contributed by atoms with van der Waals surface area (Å²) in [5.41, 5.74) is 6.71. The Balaban J connectivity index is 2.40. The molecule has 0 saturated heterocycles. The third kappa shape index (κ3) is 2.36. The summed E-state index contributed by atoms with van der Waals surface area (Å²) in [5.74, 6) is 0.550. The van der Waals surface area contributed by atoms with Crippen LogP contribution in [0.15, 0.2) is 34.7 Å². The van der Waals surface area contributed by atoms with E-state index in [1.54, 1.807) is 30.3 Å². The lowest BCUT2D eigenvalue weighted by atomic mass is 10.1. The molecule has 0 fully saturated rings. The first-order chi connectivity index (χ1) is 7.58. The second kappa shape index (κ2) is 4.68. The molecular formula is C11H8Cl3NO. The number of hydrogen-bond acceptors (Lipinski definition) is 2. The molecule has 0 radical (unpaired) electrons. The topological polar surface area (TPSA) is 39.2 Å². The predicted octanol–water partition coefficient (Wildman–Crippen LogP) is 4.29. The van der Waals surface area contributed by atoms with Crippen molar-refractivity contribution in [3.8, 4) is 0 Å². The Kier molecular flexibility index (Phi) is 3.45. The summed E-state index contributed by atoms with van der Waals surface area (Å²) in [4.78, 5) is 0. The van der Waals surface area contributed by atoms with Gasteiger partial charge in [-0.25, -0.2) is 0 Å². The molecule has 2 N–H and O–H groups in total. The van der Waals surface area contributed by atoms with Crippen molar-refractivity contribution >= 4 is 34.8 Å². The highest BCUT2D eigenvalue weighted by atomic mass is 35.5. The summed E-state index contributed by atoms with van der Waals surface area (Å²) in [6.07, 6.45) is 0. The molecule has 0 amide bonds. The molecule has 0 saturated carbocycles. The molecule has 5 heteroatoms. The van der Waals surface area contributed by atoms with Crippen molar-refractivity contribution in [2.45, 2.75) is 6.04 Å². The molecule has 2 nitrogen and oxygen atoms in total. The van der Waals surface area contributed by atoms with E-state index >= 15 is 0 Å². The van der Waals surface area contributed by atoms with Gasteiger partial charge in [-0.15, -0.1) is 0 Å². The first-order valence-corrected chi connectivity index (χ1v) is 5.67. The molecule has 0 bridgehead atoms. The number of furan rings is 1. The molecule has 0 aliphatic carbocycles. The fourth-order valence-corrected chi connectivity index (χ4v) is 1.97. The maximum Gasteiger partial charge on any atom is 0.193 e. The molecule has 1 aromatic carbocycles. The predicted molar refractivity (Wildman–Crippen MR) is 66.2 cm³/mol. The van der Waals surface area contributed by atoms with Crippen molar-refractivity contribution in [3.05, 3.63) is 56.9 Å². The van der Waals surface area contributed by atoms with Crippen LogP contribution < -0.4 is 5.73 Å². The molecule has 0 aliphatic rings. The van der Waals surface area contributed by atoms with Gasteiger partial charge >= 0.3 is 0 Å². The van der Waals surface area contributed by atoms with Crippen molar-refractivity contribution in [1.29, 1.82) is 0 Å². The normalized spacial score (nSPS) is 12.8. The highest BCUT2D eigenvalue weighted by Gasteiger charge is 2.16. The van der Waals surface area contributed by atoms with E-state index in [-0.39, 0.29) is 0 Å². The van der Waals surface area contributed by atoms with Gasteiger partial charge in [-0.2, -0.15) is 0 Å². The van der Waals surface area contributed by atoms with Gasteiger partial charge in [0.25, 0.3) is 0 Å². The molecule has 1 atom stereocenters. The van der Waals surface area contributed by atoms with Crippen LogP contribution in [-0.2, 0) is 0 Å². The van der Waals surface area contributed by atoms with Crippen LogP contribution >= 0.6 is 34.8 Å².